The van der Waals surface area contributed by atoms with Crippen LogP contribution >= 0.6 is 0 Å². The fourth-order valence-corrected chi connectivity index (χ4v) is 3.56. The summed E-state index contributed by atoms with van der Waals surface area (Å²) < 4.78 is 99.1. The summed E-state index contributed by atoms with van der Waals surface area (Å²) in [5, 5.41) is 0. The summed E-state index contributed by atoms with van der Waals surface area (Å²) in [5.74, 6) is -4.29. The molecule has 3 nitrogen and oxygen atoms in total. The predicted molar refractivity (Wildman–Crippen MR) is 112 cm³/mol. The van der Waals surface area contributed by atoms with Crippen molar-refractivity contribution in [1.29, 1.82) is 0 Å². The zero-order valence-electron chi connectivity index (χ0n) is 18.4. The Kier molecular flexibility index (Phi) is 10.2. The first-order valence-corrected chi connectivity index (χ1v) is 10.6. The largest absolute Gasteiger partial charge is 0.396 e. The van der Waals surface area contributed by atoms with Gasteiger partial charge in [-0.1, -0.05) is 60.7 Å². The zero-order chi connectivity index (χ0) is 24.5. The van der Waals surface area contributed by atoms with E-state index in [9.17, 15) is 26.3 Å². The molecule has 0 N–H and O–H groups in total. The van der Waals surface area contributed by atoms with E-state index in [-0.39, 0.29) is 24.3 Å². The van der Waals surface area contributed by atoms with Crippen molar-refractivity contribution >= 4 is 0 Å². The number of benzene rings is 2. The molecule has 4 atom stereocenters. The monoisotopic (exact) mass is 478 g/mol. The molecular weight excluding hydrogens is 450 g/mol. The second-order valence-electron chi connectivity index (χ2n) is 7.41. The molecule has 2 aromatic rings. The van der Waals surface area contributed by atoms with Crippen molar-refractivity contribution in [2.75, 3.05) is 26.4 Å². The van der Waals surface area contributed by atoms with Gasteiger partial charge < -0.3 is 14.2 Å². The topological polar surface area (TPSA) is 27.7 Å². The lowest BCUT2D eigenvalue weighted by Crippen LogP contribution is -2.38. The van der Waals surface area contributed by atoms with Crippen molar-refractivity contribution in [3.8, 4) is 0 Å². The standard InChI is InChI=1S/C24H28F6O3/c1-3-32-21(17-11-7-5-8-12-17)19(23(25,26)27)15-31-16-20(24(28,29)30)22(33-4-2)18-13-9-6-10-14-18/h5-14,19-22H,3-4,15-16H2,1-2H3. The van der Waals surface area contributed by atoms with Crippen LogP contribution in [-0.2, 0) is 14.2 Å². The molecule has 0 aromatic heterocycles. The lowest BCUT2D eigenvalue weighted by molar-refractivity contribution is -0.241. The first kappa shape index (κ1) is 27.1. The van der Waals surface area contributed by atoms with E-state index in [1.165, 1.54) is 24.3 Å². The molecule has 0 saturated carbocycles. The molecule has 0 spiro atoms. The number of rotatable bonds is 12. The summed E-state index contributed by atoms with van der Waals surface area (Å²) in [6, 6.07) is 15.5. The van der Waals surface area contributed by atoms with Crippen LogP contribution in [0, 0.1) is 11.8 Å². The molecule has 33 heavy (non-hydrogen) atoms. The minimum absolute atomic E-state index is 0.00224. The number of hydrogen-bond acceptors (Lipinski definition) is 3. The third-order valence-electron chi connectivity index (χ3n) is 5.12. The highest BCUT2D eigenvalue weighted by Gasteiger charge is 2.49. The number of halogens is 6. The quantitative estimate of drug-likeness (QED) is 0.310. The summed E-state index contributed by atoms with van der Waals surface area (Å²) in [6.07, 6.45) is -12.3. The average Bonchev–Trinajstić information content (AvgIpc) is 2.76. The molecule has 0 bridgehead atoms. The van der Waals surface area contributed by atoms with Gasteiger partial charge in [-0.25, -0.2) is 0 Å². The number of alkyl halides is 6. The maximum absolute atomic E-state index is 13.9. The minimum Gasteiger partial charge on any atom is -0.380 e. The lowest BCUT2D eigenvalue weighted by Gasteiger charge is -2.32. The molecule has 9 heteroatoms. The van der Waals surface area contributed by atoms with Crippen molar-refractivity contribution in [2.24, 2.45) is 11.8 Å². The van der Waals surface area contributed by atoms with Gasteiger partial charge in [-0.2, -0.15) is 26.3 Å². The van der Waals surface area contributed by atoms with Crippen LogP contribution in [0.5, 0.6) is 0 Å². The molecular formula is C24H28F6O3. The number of hydrogen-bond donors (Lipinski definition) is 0. The highest BCUT2D eigenvalue weighted by molar-refractivity contribution is 5.20. The highest BCUT2D eigenvalue weighted by Crippen LogP contribution is 2.41. The molecule has 2 aromatic carbocycles. The van der Waals surface area contributed by atoms with Crippen molar-refractivity contribution in [3.63, 3.8) is 0 Å². The van der Waals surface area contributed by atoms with Gasteiger partial charge in [0.15, 0.2) is 0 Å². The Labute approximate surface area is 189 Å². The Morgan fingerprint density at radius 2 is 0.939 bits per heavy atom. The van der Waals surface area contributed by atoms with Crippen molar-refractivity contribution in [2.45, 2.75) is 38.4 Å². The van der Waals surface area contributed by atoms with E-state index in [1.54, 1.807) is 50.2 Å². The highest BCUT2D eigenvalue weighted by atomic mass is 19.4. The molecule has 0 aliphatic rings. The van der Waals surface area contributed by atoms with Gasteiger partial charge in [0.2, 0.25) is 0 Å². The molecule has 184 valence electrons. The molecule has 2 rings (SSSR count). The van der Waals surface area contributed by atoms with Crippen LogP contribution in [0.15, 0.2) is 60.7 Å². The van der Waals surface area contributed by atoms with Crippen LogP contribution in [0.3, 0.4) is 0 Å². The minimum atomic E-state index is -4.75. The van der Waals surface area contributed by atoms with E-state index in [0.29, 0.717) is 0 Å². The lowest BCUT2D eigenvalue weighted by atomic mass is 9.94. The van der Waals surface area contributed by atoms with Crippen LogP contribution < -0.4 is 0 Å². The van der Waals surface area contributed by atoms with E-state index < -0.39 is 49.6 Å². The molecule has 0 aliphatic carbocycles. The van der Waals surface area contributed by atoms with Crippen LogP contribution in [0.2, 0.25) is 0 Å². The van der Waals surface area contributed by atoms with Gasteiger partial charge in [-0.05, 0) is 25.0 Å². The van der Waals surface area contributed by atoms with Gasteiger partial charge in [0.25, 0.3) is 0 Å². The zero-order valence-corrected chi connectivity index (χ0v) is 18.4. The maximum Gasteiger partial charge on any atom is 0.396 e. The third-order valence-corrected chi connectivity index (χ3v) is 5.12. The molecule has 4 unspecified atom stereocenters. The summed E-state index contributed by atoms with van der Waals surface area (Å²) in [7, 11) is 0. The van der Waals surface area contributed by atoms with Crippen molar-refractivity contribution in [1.82, 2.24) is 0 Å². The van der Waals surface area contributed by atoms with E-state index in [4.69, 9.17) is 14.2 Å². The normalized spacial score (nSPS) is 16.2. The summed E-state index contributed by atoms with van der Waals surface area (Å²) in [6.45, 7) is 1.13. The van der Waals surface area contributed by atoms with E-state index >= 15 is 0 Å². The van der Waals surface area contributed by atoms with E-state index in [1.807, 2.05) is 0 Å². The van der Waals surface area contributed by atoms with Crippen LogP contribution in [0.1, 0.15) is 37.2 Å². The SMILES string of the molecule is CCOC(c1ccccc1)C(COCC(C(OCC)c1ccccc1)C(F)(F)F)C(F)(F)F. The van der Waals surface area contributed by atoms with Gasteiger partial charge in [0.05, 0.1) is 25.4 Å². The Morgan fingerprint density at radius 3 is 1.21 bits per heavy atom. The molecule has 0 heterocycles. The molecule has 0 fully saturated rings. The third kappa shape index (κ3) is 8.01. The van der Waals surface area contributed by atoms with Gasteiger partial charge in [0.1, 0.15) is 11.8 Å². The molecule has 0 radical (unpaired) electrons. The fraction of sp³-hybridized carbons (Fsp3) is 0.500. The van der Waals surface area contributed by atoms with Gasteiger partial charge in [0, 0.05) is 13.2 Å². The second kappa shape index (κ2) is 12.4. The first-order chi connectivity index (χ1) is 15.6. The van der Waals surface area contributed by atoms with Crippen molar-refractivity contribution < 1.29 is 40.6 Å². The van der Waals surface area contributed by atoms with Gasteiger partial charge in [-0.3, -0.25) is 0 Å². The molecule has 0 aliphatic heterocycles. The predicted octanol–water partition coefficient (Wildman–Crippen LogP) is 6.92. The van der Waals surface area contributed by atoms with Gasteiger partial charge >= 0.3 is 12.4 Å². The smallest absolute Gasteiger partial charge is 0.380 e. The van der Waals surface area contributed by atoms with Crippen LogP contribution in [0.4, 0.5) is 26.3 Å². The van der Waals surface area contributed by atoms with E-state index in [0.717, 1.165) is 0 Å². The van der Waals surface area contributed by atoms with Gasteiger partial charge in [-0.15, -0.1) is 0 Å². The Bertz CT molecular complexity index is 728. The molecule has 0 amide bonds. The Balaban J connectivity index is 2.24. The fourth-order valence-electron chi connectivity index (χ4n) is 3.56. The summed E-state index contributed by atoms with van der Waals surface area (Å²) in [4.78, 5) is 0. The Morgan fingerprint density at radius 1 is 0.606 bits per heavy atom. The average molecular weight is 478 g/mol. The maximum atomic E-state index is 13.9. The summed E-state index contributed by atoms with van der Waals surface area (Å²) >= 11 is 0. The number of ether oxygens (including phenoxy) is 3. The summed E-state index contributed by atoms with van der Waals surface area (Å²) in [5.41, 5.74) is 0.545. The van der Waals surface area contributed by atoms with Crippen molar-refractivity contribution in [3.05, 3.63) is 71.8 Å². The second-order valence-corrected chi connectivity index (χ2v) is 7.41. The Hall–Kier alpha value is -2.10. The van der Waals surface area contributed by atoms with E-state index in [2.05, 4.69) is 0 Å². The first-order valence-electron chi connectivity index (χ1n) is 10.6. The molecule has 0 saturated heterocycles. The van der Waals surface area contributed by atoms with Crippen LogP contribution in [0.25, 0.3) is 0 Å². The van der Waals surface area contributed by atoms with Crippen LogP contribution in [-0.4, -0.2) is 38.8 Å².